The number of methoxy groups -OCH3 is 1. The Morgan fingerprint density at radius 2 is 1.86 bits per heavy atom. The van der Waals surface area contributed by atoms with E-state index in [2.05, 4.69) is 0 Å². The zero-order valence-corrected chi connectivity index (χ0v) is 11.3. The molecule has 0 fully saturated rings. The number of fused-ring (bicyclic) bond motifs is 1. The topological polar surface area (TPSA) is 72.8 Å². The maximum absolute atomic E-state index is 11.9. The van der Waals surface area contributed by atoms with E-state index in [4.69, 9.17) is 9.47 Å². The van der Waals surface area contributed by atoms with Gasteiger partial charge in [0, 0.05) is 6.07 Å². The van der Waals surface area contributed by atoms with Gasteiger partial charge in [-0.3, -0.25) is 4.79 Å². The summed E-state index contributed by atoms with van der Waals surface area (Å²) < 4.78 is 10.1. The van der Waals surface area contributed by atoms with Gasteiger partial charge in [0.05, 0.1) is 12.7 Å². The summed E-state index contributed by atoms with van der Waals surface area (Å²) in [5.41, 5.74) is 1.84. The van der Waals surface area contributed by atoms with Crippen molar-refractivity contribution in [3.05, 3.63) is 53.1 Å². The maximum Gasteiger partial charge on any atom is 0.385 e. The van der Waals surface area contributed by atoms with Gasteiger partial charge in [-0.1, -0.05) is 12.1 Å². The van der Waals surface area contributed by atoms with Crippen LogP contribution in [0.25, 0.3) is 0 Å². The van der Waals surface area contributed by atoms with Gasteiger partial charge in [-0.25, -0.2) is 4.79 Å². The Kier molecular flexibility index (Phi) is 3.10. The zero-order valence-electron chi connectivity index (χ0n) is 11.3. The highest BCUT2D eigenvalue weighted by atomic mass is 16.5. The molecule has 2 aromatic carbocycles. The van der Waals surface area contributed by atoms with Crippen molar-refractivity contribution >= 4 is 11.8 Å². The Balaban J connectivity index is 2.05. The summed E-state index contributed by atoms with van der Waals surface area (Å²) in [7, 11) is 1.50. The van der Waals surface area contributed by atoms with E-state index in [-0.39, 0.29) is 17.1 Å². The third-order valence-electron chi connectivity index (χ3n) is 3.34. The fourth-order valence-corrected chi connectivity index (χ4v) is 2.32. The molecule has 0 bridgehead atoms. The van der Waals surface area contributed by atoms with Crippen LogP contribution in [0.5, 0.6) is 17.2 Å². The van der Waals surface area contributed by atoms with E-state index in [1.54, 1.807) is 30.3 Å². The molecule has 1 aliphatic heterocycles. The minimum atomic E-state index is -0.870. The second-order valence-electron chi connectivity index (χ2n) is 4.72. The van der Waals surface area contributed by atoms with Crippen LogP contribution < -0.4 is 9.47 Å². The van der Waals surface area contributed by atoms with E-state index in [1.807, 2.05) is 0 Å². The monoisotopic (exact) mass is 284 g/mol. The Bertz CT molecular complexity index is 731. The SMILES string of the molecule is COc1cc(Cc2ccc(O)cc2)c2c(c1)OC(=O)C2=O. The second-order valence-corrected chi connectivity index (χ2v) is 4.72. The standard InChI is InChI=1S/C16H12O5/c1-20-12-7-10(6-9-2-4-11(17)5-3-9)14-13(8-12)21-16(19)15(14)18/h2-5,7-8,17H,6H2,1H3. The number of phenols is 1. The van der Waals surface area contributed by atoms with Gasteiger partial charge < -0.3 is 14.6 Å². The van der Waals surface area contributed by atoms with E-state index in [9.17, 15) is 14.7 Å². The second kappa shape index (κ2) is 4.94. The molecule has 0 atom stereocenters. The van der Waals surface area contributed by atoms with Crippen molar-refractivity contribution in [2.24, 2.45) is 0 Å². The Morgan fingerprint density at radius 3 is 2.52 bits per heavy atom. The molecule has 5 nitrogen and oxygen atoms in total. The van der Waals surface area contributed by atoms with Gasteiger partial charge in [-0.05, 0) is 35.7 Å². The minimum absolute atomic E-state index is 0.171. The molecule has 1 N–H and O–H groups in total. The fourth-order valence-electron chi connectivity index (χ4n) is 2.32. The Morgan fingerprint density at radius 1 is 1.14 bits per heavy atom. The van der Waals surface area contributed by atoms with E-state index in [0.717, 1.165) is 5.56 Å². The van der Waals surface area contributed by atoms with E-state index >= 15 is 0 Å². The Hall–Kier alpha value is -2.82. The van der Waals surface area contributed by atoms with Crippen molar-refractivity contribution in [1.29, 1.82) is 0 Å². The first-order chi connectivity index (χ1) is 10.1. The largest absolute Gasteiger partial charge is 0.508 e. The van der Waals surface area contributed by atoms with Crippen molar-refractivity contribution in [3.63, 3.8) is 0 Å². The van der Waals surface area contributed by atoms with Crippen molar-refractivity contribution in [3.8, 4) is 17.2 Å². The van der Waals surface area contributed by atoms with E-state index < -0.39 is 11.8 Å². The van der Waals surface area contributed by atoms with Crippen LogP contribution in [0.1, 0.15) is 21.5 Å². The number of hydrogen-bond acceptors (Lipinski definition) is 5. The van der Waals surface area contributed by atoms with Gasteiger partial charge in [0.1, 0.15) is 17.2 Å². The molecule has 1 aliphatic rings. The zero-order chi connectivity index (χ0) is 15.0. The van der Waals surface area contributed by atoms with Crippen LogP contribution >= 0.6 is 0 Å². The highest BCUT2D eigenvalue weighted by Gasteiger charge is 2.34. The predicted octanol–water partition coefficient (Wildman–Crippen LogP) is 2.09. The molecule has 21 heavy (non-hydrogen) atoms. The lowest BCUT2D eigenvalue weighted by Crippen LogP contribution is -2.11. The summed E-state index contributed by atoms with van der Waals surface area (Å²) in [4.78, 5) is 23.3. The van der Waals surface area contributed by atoms with Gasteiger partial charge >= 0.3 is 5.97 Å². The number of phenolic OH excluding ortho intramolecular Hbond substituents is 1. The van der Waals surface area contributed by atoms with Crippen LogP contribution in [0.3, 0.4) is 0 Å². The molecule has 0 aliphatic carbocycles. The fraction of sp³-hybridized carbons (Fsp3) is 0.125. The molecular weight excluding hydrogens is 272 g/mol. The van der Waals surface area contributed by atoms with Crippen molar-refractivity contribution < 1.29 is 24.2 Å². The van der Waals surface area contributed by atoms with Gasteiger partial charge in [-0.2, -0.15) is 0 Å². The lowest BCUT2D eigenvalue weighted by molar-refractivity contribution is -0.128. The summed E-state index contributed by atoms with van der Waals surface area (Å²) in [5, 5.41) is 9.30. The molecule has 2 aromatic rings. The van der Waals surface area contributed by atoms with Gasteiger partial charge in [0.15, 0.2) is 0 Å². The van der Waals surface area contributed by atoms with E-state index in [1.165, 1.54) is 13.2 Å². The summed E-state index contributed by atoms with van der Waals surface area (Å²) in [6, 6.07) is 9.88. The third-order valence-corrected chi connectivity index (χ3v) is 3.34. The summed E-state index contributed by atoms with van der Waals surface area (Å²) >= 11 is 0. The van der Waals surface area contributed by atoms with Gasteiger partial charge in [0.2, 0.25) is 0 Å². The molecule has 5 heteroatoms. The molecule has 0 amide bonds. The summed E-state index contributed by atoms with van der Waals surface area (Å²) in [6.07, 6.45) is 0.433. The van der Waals surface area contributed by atoms with Crippen LogP contribution in [-0.4, -0.2) is 24.0 Å². The number of esters is 1. The number of carbonyl (C=O) groups excluding carboxylic acids is 2. The number of aromatic hydroxyl groups is 1. The van der Waals surface area contributed by atoms with E-state index in [0.29, 0.717) is 17.7 Å². The molecule has 0 saturated heterocycles. The van der Waals surface area contributed by atoms with Crippen LogP contribution in [0, 0.1) is 0 Å². The van der Waals surface area contributed by atoms with Crippen LogP contribution in [-0.2, 0) is 11.2 Å². The number of rotatable bonds is 3. The highest BCUT2D eigenvalue weighted by Crippen LogP contribution is 2.35. The number of benzene rings is 2. The Labute approximate surface area is 120 Å². The first-order valence-corrected chi connectivity index (χ1v) is 6.34. The van der Waals surface area contributed by atoms with Gasteiger partial charge in [0.25, 0.3) is 5.78 Å². The number of Topliss-reactive ketones (excluding diaryl/α,β-unsaturated/α-hetero) is 1. The quantitative estimate of drug-likeness (QED) is 0.531. The van der Waals surface area contributed by atoms with Crippen molar-refractivity contribution in [2.75, 3.05) is 7.11 Å². The van der Waals surface area contributed by atoms with Crippen LogP contribution in [0.15, 0.2) is 36.4 Å². The average Bonchev–Trinajstić information content (AvgIpc) is 2.76. The van der Waals surface area contributed by atoms with Crippen LogP contribution in [0.2, 0.25) is 0 Å². The number of ether oxygens (including phenoxy) is 2. The average molecular weight is 284 g/mol. The normalized spacial score (nSPS) is 13.0. The molecule has 0 spiro atoms. The van der Waals surface area contributed by atoms with Gasteiger partial charge in [-0.15, -0.1) is 0 Å². The molecule has 0 saturated carbocycles. The lowest BCUT2D eigenvalue weighted by Gasteiger charge is -2.09. The maximum atomic E-state index is 11.9. The first kappa shape index (κ1) is 13.2. The molecule has 1 heterocycles. The van der Waals surface area contributed by atoms with Crippen molar-refractivity contribution in [1.82, 2.24) is 0 Å². The molecule has 0 unspecified atom stereocenters. The molecule has 0 radical (unpaired) electrons. The minimum Gasteiger partial charge on any atom is -0.508 e. The molecular formula is C16H12O5. The molecule has 0 aromatic heterocycles. The summed E-state index contributed by atoms with van der Waals surface area (Å²) in [6.45, 7) is 0. The number of carbonyl (C=O) groups is 2. The molecule has 3 rings (SSSR count). The lowest BCUT2D eigenvalue weighted by atomic mass is 9.97. The predicted molar refractivity (Wildman–Crippen MR) is 73.9 cm³/mol. The van der Waals surface area contributed by atoms with Crippen molar-refractivity contribution in [2.45, 2.75) is 6.42 Å². The first-order valence-electron chi connectivity index (χ1n) is 6.34. The highest BCUT2D eigenvalue weighted by molar-refractivity contribution is 6.44. The summed E-state index contributed by atoms with van der Waals surface area (Å²) in [5.74, 6) is -0.584. The smallest absolute Gasteiger partial charge is 0.385 e. The van der Waals surface area contributed by atoms with Crippen LogP contribution in [0.4, 0.5) is 0 Å². The molecule has 106 valence electrons. The number of hydrogen-bond donors (Lipinski definition) is 1. The number of ketones is 1. The third kappa shape index (κ3) is 2.33.